The molecule has 0 fully saturated rings. The number of nitrogens with one attached hydrogen (secondary N) is 1. The lowest BCUT2D eigenvalue weighted by Gasteiger charge is -2.04. The monoisotopic (exact) mass is 340 g/mol. The number of rotatable bonds is 5. The van der Waals surface area contributed by atoms with E-state index in [-0.39, 0.29) is 9.92 Å². The third-order valence-corrected chi connectivity index (χ3v) is 5.29. The number of hydrogen-bond donors (Lipinski definition) is 1. The highest BCUT2D eigenvalue weighted by Crippen LogP contribution is 2.25. The lowest BCUT2D eigenvalue weighted by molar-refractivity contribution is 0.414. The van der Waals surface area contributed by atoms with Crippen LogP contribution in [0, 0.1) is 0 Å². The van der Waals surface area contributed by atoms with Crippen LogP contribution in [0.2, 0.25) is 0 Å². The molecule has 5 nitrogen and oxygen atoms in total. The van der Waals surface area contributed by atoms with Crippen molar-refractivity contribution in [3.8, 4) is 5.75 Å². The fourth-order valence-electron chi connectivity index (χ4n) is 2.32. The van der Waals surface area contributed by atoms with Crippen LogP contribution in [0.1, 0.15) is 11.1 Å². The van der Waals surface area contributed by atoms with E-state index < -0.39 is 9.84 Å². The first-order chi connectivity index (χ1) is 11.6. The van der Waals surface area contributed by atoms with Gasteiger partial charge in [-0.2, -0.15) is 5.10 Å². The number of hydrogen-bond acceptors (Lipinski definition) is 4. The summed E-state index contributed by atoms with van der Waals surface area (Å²) in [5.41, 5.74) is 1.34. The van der Waals surface area contributed by atoms with Crippen LogP contribution in [0.4, 0.5) is 0 Å². The largest absolute Gasteiger partial charge is 0.496 e. The van der Waals surface area contributed by atoms with Crippen molar-refractivity contribution in [3.63, 3.8) is 0 Å². The Morgan fingerprint density at radius 2 is 1.62 bits per heavy atom. The van der Waals surface area contributed by atoms with Crippen molar-refractivity contribution in [1.29, 1.82) is 0 Å². The summed E-state index contributed by atoms with van der Waals surface area (Å²) in [5.74, 6) is 0.713. The van der Waals surface area contributed by atoms with Crippen molar-refractivity contribution >= 4 is 22.0 Å². The topological polar surface area (TPSA) is 72.0 Å². The molecule has 0 amide bonds. The second-order valence-electron chi connectivity index (χ2n) is 5.05. The average molecular weight is 340 g/mol. The fourth-order valence-corrected chi connectivity index (χ4v) is 3.67. The SMILES string of the molecule is COc1ccccc1/C=C/c1cn[nH]c1S(=O)(=O)c1ccccc1. The molecule has 0 radical (unpaired) electrons. The summed E-state index contributed by atoms with van der Waals surface area (Å²) in [7, 11) is -2.05. The van der Waals surface area contributed by atoms with Crippen LogP contribution in [0.15, 0.2) is 70.7 Å². The highest BCUT2D eigenvalue weighted by atomic mass is 32.2. The highest BCUT2D eigenvalue weighted by Gasteiger charge is 2.22. The molecular weight excluding hydrogens is 324 g/mol. The molecule has 0 aliphatic carbocycles. The van der Waals surface area contributed by atoms with Gasteiger partial charge in [-0.15, -0.1) is 0 Å². The quantitative estimate of drug-likeness (QED) is 0.772. The average Bonchev–Trinajstić information content (AvgIpc) is 3.10. The summed E-state index contributed by atoms with van der Waals surface area (Å²) in [6, 6.07) is 15.8. The molecule has 3 rings (SSSR count). The van der Waals surface area contributed by atoms with Crippen molar-refractivity contribution in [1.82, 2.24) is 10.2 Å². The van der Waals surface area contributed by atoms with Crippen LogP contribution < -0.4 is 4.74 Å². The van der Waals surface area contributed by atoms with Gasteiger partial charge in [0.2, 0.25) is 9.84 Å². The molecule has 0 unspecified atom stereocenters. The minimum atomic E-state index is -3.65. The molecule has 1 heterocycles. The van der Waals surface area contributed by atoms with Crippen LogP contribution in [-0.2, 0) is 9.84 Å². The normalized spacial score (nSPS) is 11.7. The number of para-hydroxylation sites is 1. The van der Waals surface area contributed by atoms with Gasteiger partial charge in [-0.05, 0) is 24.3 Å². The van der Waals surface area contributed by atoms with Crippen molar-refractivity contribution in [2.24, 2.45) is 0 Å². The van der Waals surface area contributed by atoms with Gasteiger partial charge < -0.3 is 4.74 Å². The molecule has 0 bridgehead atoms. The zero-order valence-corrected chi connectivity index (χ0v) is 13.8. The highest BCUT2D eigenvalue weighted by molar-refractivity contribution is 7.91. The van der Waals surface area contributed by atoms with Crippen LogP contribution in [0.25, 0.3) is 12.2 Å². The van der Waals surface area contributed by atoms with Gasteiger partial charge in [0.1, 0.15) is 5.75 Å². The molecule has 122 valence electrons. The minimum absolute atomic E-state index is 0.0693. The van der Waals surface area contributed by atoms with Crippen molar-refractivity contribution in [3.05, 3.63) is 71.9 Å². The Kier molecular flexibility index (Phi) is 4.48. The number of aromatic amines is 1. The van der Waals surface area contributed by atoms with E-state index in [4.69, 9.17) is 4.74 Å². The summed E-state index contributed by atoms with van der Waals surface area (Å²) in [6.07, 6.45) is 4.99. The standard InChI is InChI=1S/C18H16N2O3S/c1-23-17-10-6-5-7-14(17)11-12-15-13-19-20-18(15)24(21,22)16-8-3-2-4-9-16/h2-13H,1H3,(H,19,20)/b12-11+. The molecule has 0 aliphatic heterocycles. The van der Waals surface area contributed by atoms with Gasteiger partial charge in [0.15, 0.2) is 5.03 Å². The van der Waals surface area contributed by atoms with E-state index in [2.05, 4.69) is 10.2 Å². The van der Waals surface area contributed by atoms with Crippen molar-refractivity contribution < 1.29 is 13.2 Å². The number of benzene rings is 2. The van der Waals surface area contributed by atoms with Gasteiger partial charge in [0.05, 0.1) is 18.2 Å². The smallest absolute Gasteiger partial charge is 0.223 e. The first kappa shape index (κ1) is 16.0. The molecule has 6 heteroatoms. The van der Waals surface area contributed by atoms with E-state index in [0.29, 0.717) is 11.3 Å². The molecule has 1 N–H and O–H groups in total. The lowest BCUT2D eigenvalue weighted by atomic mass is 10.1. The van der Waals surface area contributed by atoms with Gasteiger partial charge in [0.25, 0.3) is 0 Å². The zero-order chi connectivity index (χ0) is 17.0. The van der Waals surface area contributed by atoms with Crippen LogP contribution in [0.5, 0.6) is 5.75 Å². The third-order valence-electron chi connectivity index (χ3n) is 3.54. The maximum atomic E-state index is 12.7. The molecule has 24 heavy (non-hydrogen) atoms. The molecule has 3 aromatic rings. The molecular formula is C18H16N2O3S. The Labute approximate surface area is 140 Å². The third kappa shape index (κ3) is 3.09. The summed E-state index contributed by atoms with van der Waals surface area (Å²) < 4.78 is 30.7. The number of nitrogens with zero attached hydrogens (tertiary/aromatic N) is 1. The molecule has 0 atom stereocenters. The molecule has 0 saturated carbocycles. The predicted molar refractivity (Wildman–Crippen MR) is 92.4 cm³/mol. The molecule has 0 spiro atoms. The number of ether oxygens (including phenoxy) is 1. The van der Waals surface area contributed by atoms with Crippen LogP contribution in [0.3, 0.4) is 0 Å². The molecule has 0 aliphatic rings. The zero-order valence-electron chi connectivity index (χ0n) is 13.0. The second kappa shape index (κ2) is 6.72. The Balaban J connectivity index is 1.98. The molecule has 1 aromatic heterocycles. The maximum absolute atomic E-state index is 12.7. The lowest BCUT2D eigenvalue weighted by Crippen LogP contribution is -2.03. The number of H-pyrrole nitrogens is 1. The van der Waals surface area contributed by atoms with Gasteiger partial charge in [-0.3, -0.25) is 5.10 Å². The Morgan fingerprint density at radius 1 is 0.958 bits per heavy atom. The van der Waals surface area contributed by atoms with E-state index >= 15 is 0 Å². The Bertz CT molecular complexity index is 961. The number of methoxy groups -OCH3 is 1. The number of sulfone groups is 1. The fraction of sp³-hybridized carbons (Fsp3) is 0.0556. The Hall–Kier alpha value is -2.86. The predicted octanol–water partition coefficient (Wildman–Crippen LogP) is 3.42. The summed E-state index contributed by atoms with van der Waals surface area (Å²) in [4.78, 5) is 0.223. The van der Waals surface area contributed by atoms with Crippen molar-refractivity contribution in [2.45, 2.75) is 9.92 Å². The van der Waals surface area contributed by atoms with E-state index in [9.17, 15) is 8.42 Å². The second-order valence-corrected chi connectivity index (χ2v) is 6.93. The maximum Gasteiger partial charge on any atom is 0.223 e. The summed E-state index contributed by atoms with van der Waals surface area (Å²) >= 11 is 0. The van der Waals surface area contributed by atoms with E-state index in [0.717, 1.165) is 5.56 Å². The van der Waals surface area contributed by atoms with E-state index in [1.807, 2.05) is 24.3 Å². The molecule has 0 saturated heterocycles. The van der Waals surface area contributed by atoms with Crippen LogP contribution in [-0.4, -0.2) is 25.7 Å². The number of aromatic nitrogens is 2. The first-order valence-electron chi connectivity index (χ1n) is 7.27. The Morgan fingerprint density at radius 3 is 2.38 bits per heavy atom. The van der Waals surface area contributed by atoms with Crippen LogP contribution >= 0.6 is 0 Å². The molecule has 2 aromatic carbocycles. The van der Waals surface area contributed by atoms with E-state index in [1.165, 1.54) is 6.20 Å². The first-order valence-corrected chi connectivity index (χ1v) is 8.76. The van der Waals surface area contributed by atoms with Gasteiger partial charge in [0, 0.05) is 11.1 Å². The van der Waals surface area contributed by atoms with Gasteiger partial charge >= 0.3 is 0 Å². The summed E-state index contributed by atoms with van der Waals surface area (Å²) in [5, 5.41) is 6.54. The van der Waals surface area contributed by atoms with Gasteiger partial charge in [-0.25, -0.2) is 8.42 Å². The van der Waals surface area contributed by atoms with Crippen molar-refractivity contribution in [2.75, 3.05) is 7.11 Å². The summed E-state index contributed by atoms with van der Waals surface area (Å²) in [6.45, 7) is 0. The minimum Gasteiger partial charge on any atom is -0.496 e. The van der Waals surface area contributed by atoms with Gasteiger partial charge in [-0.1, -0.05) is 42.5 Å². The van der Waals surface area contributed by atoms with E-state index in [1.54, 1.807) is 49.6 Å².